The van der Waals surface area contributed by atoms with Crippen LogP contribution in [0, 0.1) is 32.1 Å². The summed E-state index contributed by atoms with van der Waals surface area (Å²) in [4.78, 5) is 12.9. The van der Waals surface area contributed by atoms with Crippen LogP contribution in [0.15, 0.2) is 46.2 Å². The first-order valence-corrected chi connectivity index (χ1v) is 11.3. The van der Waals surface area contributed by atoms with Crippen LogP contribution in [0.2, 0.25) is 0 Å². The maximum atomic E-state index is 12.9. The summed E-state index contributed by atoms with van der Waals surface area (Å²) in [5.74, 6) is 8.09. The van der Waals surface area contributed by atoms with Gasteiger partial charge in [-0.15, -0.1) is 10.2 Å². The molecule has 3 N–H and O–H groups in total. The quantitative estimate of drug-likeness (QED) is 0.304. The smallest absolute Gasteiger partial charge is 0.236 e. The zero-order valence-electron chi connectivity index (χ0n) is 19.1. The average molecular weight is 478 g/mol. The molecule has 10 nitrogen and oxygen atoms in total. The van der Waals surface area contributed by atoms with Gasteiger partial charge in [-0.25, -0.2) is 4.68 Å². The number of nitrogen functional groups attached to an aromatic ring is 1. The summed E-state index contributed by atoms with van der Waals surface area (Å²) < 4.78 is 13.7. The molecule has 1 amide bonds. The standard InChI is InChI=1S/C23H23N7O3S/c1-13-14(2)29(16-5-7-17(32-4)8-6-16)21(19(13)11-24)26-20(31)12-34-23-28-27-22(30(23)25)18-9-10-33-15(18)3/h5-10H,12,25H2,1-4H3,(H,26,31). The number of anilines is 1. The van der Waals surface area contributed by atoms with Crippen LogP contribution >= 0.6 is 11.8 Å². The number of rotatable bonds is 7. The maximum Gasteiger partial charge on any atom is 0.236 e. The number of ether oxygens (including phenoxy) is 1. The molecule has 0 fully saturated rings. The predicted octanol–water partition coefficient (Wildman–Crippen LogP) is 3.58. The number of aryl methyl sites for hydroxylation is 1. The molecule has 3 heterocycles. The van der Waals surface area contributed by atoms with Gasteiger partial charge in [-0.05, 0) is 56.7 Å². The Hall–Kier alpha value is -4.17. The number of furan rings is 1. The molecule has 4 rings (SSSR count). The third-order valence-electron chi connectivity index (χ3n) is 5.51. The minimum absolute atomic E-state index is 0.0243. The second kappa shape index (κ2) is 9.36. The van der Waals surface area contributed by atoms with Crippen LogP contribution in [-0.2, 0) is 4.79 Å². The molecule has 0 bridgehead atoms. The van der Waals surface area contributed by atoms with E-state index >= 15 is 0 Å². The molecule has 34 heavy (non-hydrogen) atoms. The summed E-state index contributed by atoms with van der Waals surface area (Å²) in [6.45, 7) is 5.56. The summed E-state index contributed by atoms with van der Waals surface area (Å²) in [6, 6.07) is 11.3. The van der Waals surface area contributed by atoms with Gasteiger partial charge in [0.2, 0.25) is 11.1 Å². The third-order valence-corrected chi connectivity index (χ3v) is 6.45. The number of carbonyl (C=O) groups is 1. The van der Waals surface area contributed by atoms with E-state index in [9.17, 15) is 10.1 Å². The van der Waals surface area contributed by atoms with Crippen molar-refractivity contribution in [3.63, 3.8) is 0 Å². The fraction of sp³-hybridized carbons (Fsp3) is 0.217. The number of carbonyl (C=O) groups excluding carboxylic acids is 1. The van der Waals surface area contributed by atoms with Crippen LogP contribution in [0.4, 0.5) is 5.82 Å². The summed E-state index contributed by atoms with van der Waals surface area (Å²) in [5.41, 5.74) is 3.59. The second-order valence-corrected chi connectivity index (χ2v) is 8.43. The van der Waals surface area contributed by atoms with E-state index in [1.807, 2.05) is 42.7 Å². The Morgan fingerprint density at radius 2 is 1.97 bits per heavy atom. The number of nitrogens with two attached hydrogens (primary N) is 1. The molecule has 0 aliphatic rings. The van der Waals surface area contributed by atoms with Crippen molar-refractivity contribution in [2.45, 2.75) is 25.9 Å². The van der Waals surface area contributed by atoms with Crippen molar-refractivity contribution in [3.05, 3.63) is 59.2 Å². The third kappa shape index (κ3) is 4.11. The lowest BCUT2D eigenvalue weighted by molar-refractivity contribution is -0.113. The van der Waals surface area contributed by atoms with Crippen molar-refractivity contribution in [1.29, 1.82) is 5.26 Å². The Morgan fingerprint density at radius 1 is 1.24 bits per heavy atom. The first-order chi connectivity index (χ1) is 16.3. The molecule has 3 aromatic heterocycles. The largest absolute Gasteiger partial charge is 0.497 e. The maximum absolute atomic E-state index is 12.9. The highest BCUT2D eigenvalue weighted by Crippen LogP contribution is 2.31. The Bertz CT molecular complexity index is 1390. The monoisotopic (exact) mass is 477 g/mol. The Balaban J connectivity index is 1.56. The molecular formula is C23H23N7O3S. The Labute approximate surface area is 200 Å². The first-order valence-electron chi connectivity index (χ1n) is 10.3. The molecule has 0 spiro atoms. The van der Waals surface area contributed by atoms with Crippen LogP contribution in [0.5, 0.6) is 5.75 Å². The van der Waals surface area contributed by atoms with E-state index in [1.54, 1.807) is 26.4 Å². The molecule has 0 atom stereocenters. The van der Waals surface area contributed by atoms with E-state index in [1.165, 1.54) is 4.68 Å². The number of thioether (sulfide) groups is 1. The molecule has 0 radical (unpaired) electrons. The van der Waals surface area contributed by atoms with Gasteiger partial charge >= 0.3 is 0 Å². The Morgan fingerprint density at radius 3 is 2.59 bits per heavy atom. The highest BCUT2D eigenvalue weighted by molar-refractivity contribution is 7.99. The van der Waals surface area contributed by atoms with Gasteiger partial charge in [0.25, 0.3) is 0 Å². The fourth-order valence-electron chi connectivity index (χ4n) is 3.59. The van der Waals surface area contributed by atoms with Gasteiger partial charge in [0.1, 0.15) is 23.4 Å². The van der Waals surface area contributed by atoms with Gasteiger partial charge in [-0.2, -0.15) is 5.26 Å². The molecule has 0 saturated heterocycles. The summed E-state index contributed by atoms with van der Waals surface area (Å²) in [6.07, 6.45) is 1.55. The zero-order chi connectivity index (χ0) is 24.4. The normalized spacial score (nSPS) is 10.8. The Kier molecular flexibility index (Phi) is 6.34. The molecule has 0 aliphatic carbocycles. The van der Waals surface area contributed by atoms with E-state index in [-0.39, 0.29) is 11.7 Å². The lowest BCUT2D eigenvalue weighted by Gasteiger charge is -2.13. The SMILES string of the molecule is COc1ccc(-n2c(C)c(C)c(C#N)c2NC(=O)CSc2nnc(-c3ccoc3C)n2N)cc1. The van der Waals surface area contributed by atoms with Crippen LogP contribution in [0.25, 0.3) is 17.1 Å². The lowest BCUT2D eigenvalue weighted by atomic mass is 10.2. The first kappa shape index (κ1) is 23.0. The van der Waals surface area contributed by atoms with E-state index in [4.69, 9.17) is 15.0 Å². The van der Waals surface area contributed by atoms with Crippen molar-refractivity contribution in [2.75, 3.05) is 24.0 Å². The number of methoxy groups -OCH3 is 1. The van der Waals surface area contributed by atoms with E-state index in [0.29, 0.717) is 33.9 Å². The van der Waals surface area contributed by atoms with Gasteiger partial charge in [0, 0.05) is 11.4 Å². The molecule has 4 aromatic rings. The molecule has 11 heteroatoms. The molecule has 1 aromatic carbocycles. The summed E-state index contributed by atoms with van der Waals surface area (Å²) in [7, 11) is 1.60. The second-order valence-electron chi connectivity index (χ2n) is 7.48. The van der Waals surface area contributed by atoms with E-state index in [0.717, 1.165) is 34.3 Å². The number of nitriles is 1. The predicted molar refractivity (Wildman–Crippen MR) is 128 cm³/mol. The van der Waals surface area contributed by atoms with Crippen LogP contribution < -0.4 is 15.9 Å². The minimum Gasteiger partial charge on any atom is -0.497 e. The highest BCUT2D eigenvalue weighted by Gasteiger charge is 2.22. The average Bonchev–Trinajstić information content (AvgIpc) is 3.48. The molecule has 0 unspecified atom stereocenters. The minimum atomic E-state index is -0.308. The van der Waals surface area contributed by atoms with Crippen LogP contribution in [-0.4, -0.2) is 38.2 Å². The van der Waals surface area contributed by atoms with Gasteiger partial charge < -0.3 is 20.3 Å². The highest BCUT2D eigenvalue weighted by atomic mass is 32.2. The van der Waals surface area contributed by atoms with Gasteiger partial charge in [0.05, 0.1) is 30.3 Å². The number of benzene rings is 1. The zero-order valence-corrected chi connectivity index (χ0v) is 19.9. The van der Waals surface area contributed by atoms with Crippen molar-refractivity contribution in [3.8, 4) is 28.9 Å². The molecule has 174 valence electrons. The molecule has 0 saturated carbocycles. The van der Waals surface area contributed by atoms with Crippen molar-refractivity contribution in [1.82, 2.24) is 19.4 Å². The van der Waals surface area contributed by atoms with Crippen molar-refractivity contribution < 1.29 is 13.9 Å². The number of aromatic nitrogens is 4. The lowest BCUT2D eigenvalue weighted by Crippen LogP contribution is -2.19. The van der Waals surface area contributed by atoms with Crippen LogP contribution in [0.3, 0.4) is 0 Å². The van der Waals surface area contributed by atoms with Gasteiger partial charge in [-0.1, -0.05) is 11.8 Å². The van der Waals surface area contributed by atoms with E-state index in [2.05, 4.69) is 21.6 Å². The number of hydrogen-bond donors (Lipinski definition) is 2. The van der Waals surface area contributed by atoms with Gasteiger partial charge in [-0.3, -0.25) is 9.36 Å². The van der Waals surface area contributed by atoms with Crippen molar-refractivity contribution in [2.24, 2.45) is 0 Å². The summed E-state index contributed by atoms with van der Waals surface area (Å²) in [5, 5.41) is 21.2. The topological polar surface area (TPSA) is 137 Å². The van der Waals surface area contributed by atoms with Gasteiger partial charge in [0.15, 0.2) is 5.82 Å². The number of amides is 1. The molecular weight excluding hydrogens is 454 g/mol. The van der Waals surface area contributed by atoms with Crippen molar-refractivity contribution >= 4 is 23.5 Å². The number of hydrogen-bond acceptors (Lipinski definition) is 8. The fourth-order valence-corrected chi connectivity index (χ4v) is 4.25. The van der Waals surface area contributed by atoms with Crippen LogP contribution in [0.1, 0.15) is 22.6 Å². The number of nitrogens with one attached hydrogen (secondary N) is 1. The summed E-state index contributed by atoms with van der Waals surface area (Å²) >= 11 is 1.14. The number of nitrogens with zero attached hydrogens (tertiary/aromatic N) is 5. The molecule has 0 aliphatic heterocycles. The van der Waals surface area contributed by atoms with E-state index < -0.39 is 0 Å².